The fraction of sp³-hybridized carbons (Fsp3) is 0.500. The maximum Gasteiger partial charge on any atom is 0.222 e. The van der Waals surface area contributed by atoms with Crippen molar-refractivity contribution in [3.8, 4) is 0 Å². The van der Waals surface area contributed by atoms with Crippen LogP contribution in [0, 0.1) is 0 Å². The van der Waals surface area contributed by atoms with Crippen molar-refractivity contribution in [2.75, 3.05) is 30.7 Å². The number of rotatable bonds is 3. The number of aryl methyl sites for hydroxylation is 1. The van der Waals surface area contributed by atoms with Crippen LogP contribution >= 0.6 is 11.6 Å². The number of fused-ring (bicyclic) bond motifs is 2. The molecule has 2 fully saturated rings. The van der Waals surface area contributed by atoms with Crippen LogP contribution in [0.4, 0.5) is 11.8 Å². The summed E-state index contributed by atoms with van der Waals surface area (Å²) >= 11 is 6.01. The molecule has 142 valence electrons. The van der Waals surface area contributed by atoms with E-state index in [-0.39, 0.29) is 6.10 Å². The molecule has 3 atom stereocenters. The molecule has 5 rings (SSSR count). The smallest absolute Gasteiger partial charge is 0.222 e. The van der Waals surface area contributed by atoms with Crippen molar-refractivity contribution in [1.82, 2.24) is 14.9 Å². The zero-order chi connectivity index (χ0) is 18.4. The molecule has 0 bridgehead atoms. The molecule has 27 heavy (non-hydrogen) atoms. The summed E-state index contributed by atoms with van der Waals surface area (Å²) in [5.41, 5.74) is 9.48. The number of nitrogens with zero attached hydrogens (tertiary/aromatic N) is 3. The van der Waals surface area contributed by atoms with Crippen molar-refractivity contribution in [2.24, 2.45) is 0 Å². The number of nitrogens with one attached hydrogen (secondary N) is 1. The molecule has 7 heteroatoms. The summed E-state index contributed by atoms with van der Waals surface area (Å²) in [5, 5.41) is 4.41. The second-order valence-electron chi connectivity index (χ2n) is 7.77. The minimum Gasteiger partial charge on any atom is -0.371 e. The summed E-state index contributed by atoms with van der Waals surface area (Å²) in [7, 11) is 0. The number of benzene rings is 1. The third-order valence-corrected chi connectivity index (χ3v) is 6.20. The van der Waals surface area contributed by atoms with Crippen LogP contribution in [0.3, 0.4) is 0 Å². The fourth-order valence-electron chi connectivity index (χ4n) is 4.62. The molecule has 2 saturated heterocycles. The fourth-order valence-corrected chi connectivity index (χ4v) is 4.75. The van der Waals surface area contributed by atoms with Crippen LogP contribution in [0.5, 0.6) is 0 Å². The summed E-state index contributed by atoms with van der Waals surface area (Å²) in [6.07, 6.45) is 4.35. The largest absolute Gasteiger partial charge is 0.371 e. The molecular formula is C20H24ClN5O. The Labute approximate surface area is 164 Å². The molecule has 1 aliphatic carbocycles. The molecule has 3 N–H and O–H groups in total. The van der Waals surface area contributed by atoms with Gasteiger partial charge in [0.2, 0.25) is 5.95 Å². The average Bonchev–Trinajstić information content (AvgIpc) is 3.27. The van der Waals surface area contributed by atoms with E-state index in [1.807, 2.05) is 12.1 Å². The lowest BCUT2D eigenvalue weighted by molar-refractivity contribution is -0.0501. The first-order valence-corrected chi connectivity index (χ1v) is 10.1. The topological polar surface area (TPSA) is 76.3 Å². The molecule has 0 saturated carbocycles. The Morgan fingerprint density at radius 2 is 2.00 bits per heavy atom. The molecule has 0 spiro atoms. The first-order chi connectivity index (χ1) is 13.2. The van der Waals surface area contributed by atoms with Gasteiger partial charge in [0.1, 0.15) is 5.82 Å². The van der Waals surface area contributed by atoms with Gasteiger partial charge in [0.25, 0.3) is 0 Å². The van der Waals surface area contributed by atoms with Crippen molar-refractivity contribution in [1.29, 1.82) is 0 Å². The number of morpholine rings is 1. The standard InChI is InChI=1S/C20H24ClN5O/c21-13-6-4-12(5-7-13)18-10-26-9-14(8-15(26)11-27-18)23-19-16-2-1-3-17(16)24-20(22)25-19/h4-7,14-15,18H,1-3,8-11H2,(H3,22,23,24,25)/t14-,15-,18+/m0/s1. The maximum atomic E-state index is 6.15. The third kappa shape index (κ3) is 3.37. The highest BCUT2D eigenvalue weighted by molar-refractivity contribution is 6.30. The number of nitrogen functional groups attached to an aromatic ring is 1. The van der Waals surface area contributed by atoms with E-state index >= 15 is 0 Å². The quantitative estimate of drug-likeness (QED) is 0.846. The van der Waals surface area contributed by atoms with E-state index in [4.69, 9.17) is 22.1 Å². The number of halogens is 1. The summed E-state index contributed by atoms with van der Waals surface area (Å²) in [6, 6.07) is 8.81. The minimum absolute atomic E-state index is 0.108. The van der Waals surface area contributed by atoms with Gasteiger partial charge in [0.05, 0.1) is 18.4 Å². The lowest BCUT2D eigenvalue weighted by atomic mass is 10.1. The maximum absolute atomic E-state index is 6.15. The van der Waals surface area contributed by atoms with Gasteiger partial charge in [0.15, 0.2) is 0 Å². The first-order valence-electron chi connectivity index (χ1n) is 9.68. The number of aromatic nitrogens is 2. The van der Waals surface area contributed by atoms with Crippen LogP contribution in [-0.2, 0) is 17.6 Å². The highest BCUT2D eigenvalue weighted by atomic mass is 35.5. The van der Waals surface area contributed by atoms with Gasteiger partial charge in [-0.25, -0.2) is 4.98 Å². The summed E-state index contributed by atoms with van der Waals surface area (Å²) in [4.78, 5) is 11.4. The van der Waals surface area contributed by atoms with Gasteiger partial charge in [-0.2, -0.15) is 4.98 Å². The SMILES string of the molecule is Nc1nc2c(c(N[C@H]3C[C@H]4CO[C@@H](c5ccc(Cl)cc5)CN4C3)n1)CCC2. The zero-order valence-electron chi connectivity index (χ0n) is 15.2. The number of ether oxygens (including phenoxy) is 1. The van der Waals surface area contributed by atoms with Crippen molar-refractivity contribution >= 4 is 23.4 Å². The Balaban J connectivity index is 1.27. The number of nitrogens with two attached hydrogens (primary N) is 1. The van der Waals surface area contributed by atoms with Crippen molar-refractivity contribution < 1.29 is 4.74 Å². The van der Waals surface area contributed by atoms with E-state index < -0.39 is 0 Å². The number of anilines is 2. The third-order valence-electron chi connectivity index (χ3n) is 5.95. The Kier molecular flexibility index (Phi) is 4.42. The summed E-state index contributed by atoms with van der Waals surface area (Å²) in [5.74, 6) is 1.31. The van der Waals surface area contributed by atoms with Gasteiger partial charge in [0, 0.05) is 35.8 Å². The van der Waals surface area contributed by atoms with Crippen LogP contribution in [0.1, 0.15) is 35.8 Å². The van der Waals surface area contributed by atoms with Gasteiger partial charge in [-0.15, -0.1) is 0 Å². The zero-order valence-corrected chi connectivity index (χ0v) is 16.0. The van der Waals surface area contributed by atoms with E-state index in [1.54, 1.807) is 0 Å². The van der Waals surface area contributed by atoms with E-state index in [0.29, 0.717) is 18.0 Å². The van der Waals surface area contributed by atoms with E-state index in [9.17, 15) is 0 Å². The van der Waals surface area contributed by atoms with E-state index in [0.717, 1.165) is 61.9 Å². The highest BCUT2D eigenvalue weighted by Crippen LogP contribution is 2.33. The van der Waals surface area contributed by atoms with Crippen molar-refractivity contribution in [2.45, 2.75) is 43.9 Å². The average molecular weight is 386 g/mol. The molecule has 2 aliphatic heterocycles. The van der Waals surface area contributed by atoms with Crippen LogP contribution in [0.15, 0.2) is 24.3 Å². The van der Waals surface area contributed by atoms with Crippen LogP contribution in [0.25, 0.3) is 0 Å². The monoisotopic (exact) mass is 385 g/mol. The molecule has 3 heterocycles. The predicted octanol–water partition coefficient (Wildman–Crippen LogP) is 2.83. The highest BCUT2D eigenvalue weighted by Gasteiger charge is 2.38. The molecule has 1 aromatic heterocycles. The Morgan fingerprint density at radius 1 is 1.15 bits per heavy atom. The molecule has 2 aromatic rings. The first kappa shape index (κ1) is 17.2. The molecule has 0 unspecified atom stereocenters. The van der Waals surface area contributed by atoms with Gasteiger partial charge in [-0.1, -0.05) is 23.7 Å². The summed E-state index contributed by atoms with van der Waals surface area (Å²) < 4.78 is 6.15. The lowest BCUT2D eigenvalue weighted by Crippen LogP contribution is -2.42. The molecular weight excluding hydrogens is 362 g/mol. The van der Waals surface area contributed by atoms with E-state index in [2.05, 4.69) is 32.3 Å². The lowest BCUT2D eigenvalue weighted by Gasteiger charge is -2.35. The molecule has 0 amide bonds. The van der Waals surface area contributed by atoms with E-state index in [1.165, 1.54) is 11.1 Å². The Morgan fingerprint density at radius 3 is 2.85 bits per heavy atom. The van der Waals surface area contributed by atoms with Gasteiger partial charge in [-0.3, -0.25) is 4.90 Å². The predicted molar refractivity (Wildman–Crippen MR) is 106 cm³/mol. The normalized spacial score (nSPS) is 27.4. The molecule has 3 aliphatic rings. The van der Waals surface area contributed by atoms with Crippen molar-refractivity contribution in [3.63, 3.8) is 0 Å². The number of hydrogen-bond acceptors (Lipinski definition) is 6. The van der Waals surface area contributed by atoms with Crippen molar-refractivity contribution in [3.05, 3.63) is 46.1 Å². The molecule has 0 radical (unpaired) electrons. The second kappa shape index (κ2) is 6.93. The van der Waals surface area contributed by atoms with Gasteiger partial charge < -0.3 is 15.8 Å². The Hall–Kier alpha value is -1.89. The van der Waals surface area contributed by atoms with Crippen LogP contribution < -0.4 is 11.1 Å². The van der Waals surface area contributed by atoms with Crippen LogP contribution in [0.2, 0.25) is 5.02 Å². The summed E-state index contributed by atoms with van der Waals surface area (Å²) in [6.45, 7) is 2.67. The number of hydrogen-bond donors (Lipinski definition) is 2. The Bertz CT molecular complexity index is 843. The van der Waals surface area contributed by atoms with Crippen LogP contribution in [-0.4, -0.2) is 46.6 Å². The van der Waals surface area contributed by atoms with Gasteiger partial charge >= 0.3 is 0 Å². The van der Waals surface area contributed by atoms with Gasteiger partial charge in [-0.05, 0) is 43.4 Å². The minimum atomic E-state index is 0.108. The molecule has 1 aromatic carbocycles. The molecule has 6 nitrogen and oxygen atoms in total. The second-order valence-corrected chi connectivity index (χ2v) is 8.20.